The van der Waals surface area contributed by atoms with Crippen molar-refractivity contribution in [3.8, 4) is 39.4 Å². The van der Waals surface area contributed by atoms with Crippen molar-refractivity contribution in [3.05, 3.63) is 90.0 Å². The summed E-state index contributed by atoms with van der Waals surface area (Å²) in [5.41, 5.74) is 5.67. The van der Waals surface area contributed by atoms with Crippen LogP contribution in [0.15, 0.2) is 78.9 Å². The van der Waals surface area contributed by atoms with Gasteiger partial charge in [-0.1, -0.05) is 55.7 Å². The molecule has 1 saturated carbocycles. The molecule has 7 nitrogen and oxygen atoms in total. The Balaban J connectivity index is 1.47. The van der Waals surface area contributed by atoms with Crippen molar-refractivity contribution in [3.63, 3.8) is 0 Å². The Bertz CT molecular complexity index is 1570. The molecule has 0 unspecified atom stereocenters. The minimum Gasteiger partial charge on any atom is -0.481 e. The van der Waals surface area contributed by atoms with E-state index in [-0.39, 0.29) is 24.6 Å². The van der Waals surface area contributed by atoms with E-state index in [1.165, 1.54) is 61.9 Å². The highest BCUT2D eigenvalue weighted by atomic mass is 19.4. The van der Waals surface area contributed by atoms with Crippen molar-refractivity contribution in [2.24, 2.45) is 0 Å². The van der Waals surface area contributed by atoms with Gasteiger partial charge in [0.25, 0.3) is 5.91 Å². The van der Waals surface area contributed by atoms with E-state index in [4.69, 9.17) is 5.11 Å². The van der Waals surface area contributed by atoms with Gasteiger partial charge in [0.2, 0.25) is 0 Å². The van der Waals surface area contributed by atoms with Crippen LogP contribution in [0.25, 0.3) is 33.6 Å². The second kappa shape index (κ2) is 13.1. The summed E-state index contributed by atoms with van der Waals surface area (Å²) in [6.07, 6.45) is 1.13. The first kappa shape index (κ1) is 29.8. The van der Waals surface area contributed by atoms with Crippen molar-refractivity contribution in [2.45, 2.75) is 50.8 Å². The number of rotatable bonds is 9. The summed E-state index contributed by atoms with van der Waals surface area (Å²) in [5.74, 6) is -1.17. The lowest BCUT2D eigenvalue weighted by atomic mass is 9.83. The first-order valence-corrected chi connectivity index (χ1v) is 14.1. The largest absolute Gasteiger partial charge is 0.573 e. The number of benzene rings is 3. The van der Waals surface area contributed by atoms with Gasteiger partial charge in [-0.15, -0.1) is 23.4 Å². The number of nitrogens with zero attached hydrogens (tertiary/aromatic N) is 2. The molecule has 0 aliphatic heterocycles. The third-order valence-corrected chi connectivity index (χ3v) is 7.52. The minimum atomic E-state index is -4.78. The molecule has 0 saturated heterocycles. The lowest BCUT2D eigenvalue weighted by Crippen LogP contribution is -2.25. The summed E-state index contributed by atoms with van der Waals surface area (Å²) in [6, 6.07) is 22.5. The molecule has 1 heterocycles. The molecule has 1 fully saturated rings. The van der Waals surface area contributed by atoms with Crippen LogP contribution in [-0.4, -0.2) is 40.1 Å². The molecule has 0 radical (unpaired) electrons. The number of nitrogens with one attached hydrogen (secondary N) is 1. The van der Waals surface area contributed by atoms with Gasteiger partial charge < -0.3 is 15.2 Å². The van der Waals surface area contributed by atoms with Gasteiger partial charge in [0.15, 0.2) is 0 Å². The fraction of sp³-hybridized carbons (Fsp3) is 0.273. The highest BCUT2D eigenvalue weighted by Gasteiger charge is 2.31. The van der Waals surface area contributed by atoms with Crippen LogP contribution >= 0.6 is 0 Å². The normalized spacial score (nSPS) is 13.8. The van der Waals surface area contributed by atoms with Gasteiger partial charge in [0.05, 0.1) is 12.1 Å². The van der Waals surface area contributed by atoms with Crippen molar-refractivity contribution < 1.29 is 32.6 Å². The molecule has 1 aromatic heterocycles. The second-order valence-corrected chi connectivity index (χ2v) is 10.5. The fourth-order valence-electron chi connectivity index (χ4n) is 5.33. The Labute approximate surface area is 246 Å². The number of hydrogen-bond acceptors (Lipinski definition) is 5. The quantitative estimate of drug-likeness (QED) is 0.208. The molecule has 1 amide bonds. The predicted molar refractivity (Wildman–Crippen MR) is 155 cm³/mol. The molecule has 3 aromatic carbocycles. The van der Waals surface area contributed by atoms with Crippen LogP contribution in [-0.2, 0) is 4.79 Å². The Hall–Kier alpha value is -4.73. The number of aliphatic carboxylic acids is 1. The molecule has 0 bridgehead atoms. The maximum Gasteiger partial charge on any atom is 0.573 e. The molecule has 222 valence electrons. The van der Waals surface area contributed by atoms with Crippen LogP contribution < -0.4 is 10.1 Å². The summed E-state index contributed by atoms with van der Waals surface area (Å²) < 4.78 is 41.9. The number of alkyl halides is 3. The standard InChI is InChI=1S/C33H30F3N3O4/c34-33(35,36)43-27-16-14-24(15-17-27)29-20-28(23-8-6-22(7-9-23)21-4-2-1-3-5-21)31(39-38-29)25-10-12-26(13-11-25)32(42)37-19-18-30(40)41/h6-17,20-21H,1-5,18-19H2,(H,37,42)(H,40,41). The highest BCUT2D eigenvalue weighted by Crippen LogP contribution is 2.37. The van der Waals surface area contributed by atoms with Gasteiger partial charge in [-0.05, 0) is 72.4 Å². The average molecular weight is 590 g/mol. The van der Waals surface area contributed by atoms with E-state index in [1.807, 2.05) is 6.07 Å². The number of carbonyl (C=O) groups excluding carboxylic acids is 1. The van der Waals surface area contributed by atoms with E-state index in [2.05, 4.69) is 44.5 Å². The van der Waals surface area contributed by atoms with E-state index in [9.17, 15) is 22.8 Å². The number of carbonyl (C=O) groups is 2. The van der Waals surface area contributed by atoms with Crippen molar-refractivity contribution in [2.75, 3.05) is 6.54 Å². The second-order valence-electron chi connectivity index (χ2n) is 10.5. The van der Waals surface area contributed by atoms with Gasteiger partial charge in [0, 0.05) is 28.8 Å². The zero-order valence-corrected chi connectivity index (χ0v) is 23.2. The van der Waals surface area contributed by atoms with Crippen molar-refractivity contribution in [1.29, 1.82) is 0 Å². The van der Waals surface area contributed by atoms with Crippen LogP contribution in [0.1, 0.15) is 60.4 Å². The van der Waals surface area contributed by atoms with Crippen molar-refractivity contribution in [1.82, 2.24) is 15.5 Å². The van der Waals surface area contributed by atoms with Gasteiger partial charge in [-0.3, -0.25) is 9.59 Å². The third kappa shape index (κ3) is 7.77. The van der Waals surface area contributed by atoms with Crippen LogP contribution in [0, 0.1) is 0 Å². The topological polar surface area (TPSA) is 101 Å². The predicted octanol–water partition coefficient (Wildman–Crippen LogP) is 7.63. The maximum atomic E-state index is 12.6. The Morgan fingerprint density at radius 3 is 2.09 bits per heavy atom. The number of ether oxygens (including phenoxy) is 1. The van der Waals surface area contributed by atoms with Gasteiger partial charge >= 0.3 is 12.3 Å². The number of amides is 1. The van der Waals surface area contributed by atoms with E-state index in [1.54, 1.807) is 24.3 Å². The lowest BCUT2D eigenvalue weighted by Gasteiger charge is -2.22. The first-order chi connectivity index (χ1) is 20.7. The fourth-order valence-corrected chi connectivity index (χ4v) is 5.33. The van der Waals surface area contributed by atoms with E-state index in [0.717, 1.165) is 11.1 Å². The van der Waals surface area contributed by atoms with Gasteiger partial charge in [-0.2, -0.15) is 0 Å². The molecule has 5 rings (SSSR count). The smallest absolute Gasteiger partial charge is 0.481 e. The monoisotopic (exact) mass is 589 g/mol. The number of hydrogen-bond donors (Lipinski definition) is 2. The Morgan fingerprint density at radius 2 is 1.47 bits per heavy atom. The Morgan fingerprint density at radius 1 is 0.837 bits per heavy atom. The average Bonchev–Trinajstić information content (AvgIpc) is 3.01. The number of carboxylic acids is 1. The highest BCUT2D eigenvalue weighted by molar-refractivity contribution is 5.95. The molecule has 43 heavy (non-hydrogen) atoms. The van der Waals surface area contributed by atoms with Gasteiger partial charge in [-0.25, -0.2) is 0 Å². The molecule has 1 aliphatic carbocycles. The van der Waals surface area contributed by atoms with E-state index >= 15 is 0 Å². The zero-order chi connectivity index (χ0) is 30.4. The SMILES string of the molecule is O=C(O)CCNC(=O)c1ccc(-c2nnc(-c3ccc(OC(F)(F)F)cc3)cc2-c2ccc(C3CCCCC3)cc2)cc1. The molecule has 0 atom stereocenters. The van der Waals surface area contributed by atoms with Crippen LogP contribution in [0.5, 0.6) is 5.75 Å². The molecule has 2 N–H and O–H groups in total. The van der Waals surface area contributed by atoms with E-state index < -0.39 is 12.3 Å². The summed E-state index contributed by atoms with van der Waals surface area (Å²) >= 11 is 0. The molecular weight excluding hydrogens is 559 g/mol. The van der Waals surface area contributed by atoms with Crippen LogP contribution in [0.2, 0.25) is 0 Å². The Kier molecular flexibility index (Phi) is 9.04. The minimum absolute atomic E-state index is 0.0210. The molecule has 0 spiro atoms. The third-order valence-electron chi connectivity index (χ3n) is 7.52. The van der Waals surface area contributed by atoms with Crippen LogP contribution in [0.3, 0.4) is 0 Å². The number of carboxylic acid groups (broad SMARTS) is 1. The zero-order valence-electron chi connectivity index (χ0n) is 23.2. The molecule has 4 aromatic rings. The van der Waals surface area contributed by atoms with E-state index in [0.29, 0.717) is 34.0 Å². The number of halogens is 3. The summed E-state index contributed by atoms with van der Waals surface area (Å²) in [6.45, 7) is 0.0210. The van der Waals surface area contributed by atoms with Crippen LogP contribution in [0.4, 0.5) is 13.2 Å². The number of aromatic nitrogens is 2. The van der Waals surface area contributed by atoms with Crippen molar-refractivity contribution >= 4 is 11.9 Å². The molecule has 1 aliphatic rings. The molecular formula is C33H30F3N3O4. The van der Waals surface area contributed by atoms with Gasteiger partial charge in [0.1, 0.15) is 11.4 Å². The summed E-state index contributed by atoms with van der Waals surface area (Å²) in [7, 11) is 0. The summed E-state index contributed by atoms with van der Waals surface area (Å²) in [5, 5.41) is 20.3. The molecule has 10 heteroatoms. The first-order valence-electron chi connectivity index (χ1n) is 14.1. The summed E-state index contributed by atoms with van der Waals surface area (Å²) in [4.78, 5) is 23.2. The maximum absolute atomic E-state index is 12.6. The lowest BCUT2D eigenvalue weighted by molar-refractivity contribution is -0.274.